The molecule has 1 fully saturated rings. The van der Waals surface area contributed by atoms with Crippen LogP contribution in [-0.2, 0) is 20.9 Å². The molecule has 3 rings (SSSR count). The molecule has 1 unspecified atom stereocenters. The number of aromatic nitrogens is 1. The van der Waals surface area contributed by atoms with Crippen LogP contribution in [0.5, 0.6) is 0 Å². The van der Waals surface area contributed by atoms with Gasteiger partial charge in [0.15, 0.2) is 0 Å². The molecule has 0 radical (unpaired) electrons. The van der Waals surface area contributed by atoms with E-state index in [1.54, 1.807) is 4.90 Å². The van der Waals surface area contributed by atoms with Gasteiger partial charge in [0.2, 0.25) is 11.8 Å². The number of rotatable bonds is 6. The number of benzene rings is 1. The summed E-state index contributed by atoms with van der Waals surface area (Å²) in [4.78, 5) is 30.8. The van der Waals surface area contributed by atoms with Crippen LogP contribution in [0.3, 0.4) is 0 Å². The summed E-state index contributed by atoms with van der Waals surface area (Å²) in [6.07, 6.45) is 6.99. The van der Waals surface area contributed by atoms with E-state index in [0.717, 1.165) is 34.7 Å². The number of terminal acetylenes is 1. The molecule has 0 saturated carbocycles. The van der Waals surface area contributed by atoms with Crippen molar-refractivity contribution in [3.8, 4) is 23.6 Å². The lowest BCUT2D eigenvalue weighted by atomic mass is 9.97. The highest BCUT2D eigenvalue weighted by atomic mass is 32.1. The molecule has 0 aliphatic carbocycles. The average Bonchev–Trinajstić information content (AvgIpc) is 3.21. The molecule has 2 aromatic rings. The second kappa shape index (κ2) is 9.49. The van der Waals surface area contributed by atoms with Crippen LogP contribution < -0.4 is 5.32 Å². The van der Waals surface area contributed by atoms with Crippen molar-refractivity contribution < 1.29 is 14.3 Å². The van der Waals surface area contributed by atoms with Crippen molar-refractivity contribution in [2.24, 2.45) is 5.92 Å². The van der Waals surface area contributed by atoms with Crippen LogP contribution in [0.1, 0.15) is 23.4 Å². The number of carbonyl (C=O) groups excluding carboxylic acids is 2. The maximum atomic E-state index is 12.5. The third-order valence-corrected chi connectivity index (χ3v) is 5.57. The van der Waals surface area contributed by atoms with Gasteiger partial charge in [0.25, 0.3) is 0 Å². The average molecular weight is 398 g/mol. The van der Waals surface area contributed by atoms with Gasteiger partial charge in [-0.2, -0.15) is 0 Å². The number of hydrogen-bond acceptors (Lipinski definition) is 5. The Bertz CT molecular complexity index is 870. The minimum Gasteiger partial charge on any atom is -0.375 e. The summed E-state index contributed by atoms with van der Waals surface area (Å²) >= 11 is 1.51. The minimum atomic E-state index is -0.190. The third-order valence-electron chi connectivity index (χ3n) is 4.73. The topological polar surface area (TPSA) is 71.5 Å². The molecule has 146 valence electrons. The SMILES string of the molecule is C#Cc1ccc(-c2csc(CNC(=O)C3CCCN(C(=O)COC)C3)n2)cc1. The summed E-state index contributed by atoms with van der Waals surface area (Å²) in [5.41, 5.74) is 2.69. The maximum Gasteiger partial charge on any atom is 0.248 e. The molecule has 1 N–H and O–H groups in total. The van der Waals surface area contributed by atoms with Crippen LogP contribution >= 0.6 is 11.3 Å². The normalized spacial score (nSPS) is 16.4. The molecule has 1 aliphatic heterocycles. The highest BCUT2D eigenvalue weighted by Crippen LogP contribution is 2.22. The monoisotopic (exact) mass is 397 g/mol. The summed E-state index contributed by atoms with van der Waals surface area (Å²) < 4.78 is 4.90. The molecule has 0 spiro atoms. The van der Waals surface area contributed by atoms with Gasteiger partial charge in [0.1, 0.15) is 11.6 Å². The summed E-state index contributed by atoms with van der Waals surface area (Å²) in [6.45, 7) is 1.56. The predicted octanol–water partition coefficient (Wildman–Crippen LogP) is 2.29. The van der Waals surface area contributed by atoms with Crippen molar-refractivity contribution in [1.29, 1.82) is 0 Å². The first kappa shape index (κ1) is 20.1. The molecule has 2 amide bonds. The molecule has 1 saturated heterocycles. The van der Waals surface area contributed by atoms with Crippen molar-refractivity contribution >= 4 is 23.2 Å². The van der Waals surface area contributed by atoms with Crippen LogP contribution in [0.15, 0.2) is 29.6 Å². The number of carbonyl (C=O) groups is 2. The van der Waals surface area contributed by atoms with E-state index in [-0.39, 0.29) is 24.3 Å². The van der Waals surface area contributed by atoms with E-state index in [2.05, 4.69) is 16.2 Å². The van der Waals surface area contributed by atoms with Crippen LogP contribution in [0, 0.1) is 18.3 Å². The Balaban J connectivity index is 1.54. The van der Waals surface area contributed by atoms with E-state index in [9.17, 15) is 9.59 Å². The largest absolute Gasteiger partial charge is 0.375 e. The molecule has 1 atom stereocenters. The lowest BCUT2D eigenvalue weighted by Gasteiger charge is -2.31. The fourth-order valence-corrected chi connectivity index (χ4v) is 3.94. The van der Waals surface area contributed by atoms with Gasteiger partial charge in [-0.05, 0) is 25.0 Å². The number of amides is 2. The highest BCUT2D eigenvalue weighted by Gasteiger charge is 2.28. The van der Waals surface area contributed by atoms with Gasteiger partial charge in [-0.15, -0.1) is 17.8 Å². The standard InChI is InChI=1S/C21H23N3O3S/c1-3-15-6-8-16(9-7-15)18-14-28-19(23-18)11-22-21(26)17-5-4-10-24(12-17)20(25)13-27-2/h1,6-9,14,17H,4-5,10-13H2,2H3,(H,22,26). The van der Waals surface area contributed by atoms with E-state index >= 15 is 0 Å². The van der Waals surface area contributed by atoms with Crippen molar-refractivity contribution in [2.45, 2.75) is 19.4 Å². The number of ether oxygens (including phenoxy) is 1. The number of nitrogens with one attached hydrogen (secondary N) is 1. The van der Waals surface area contributed by atoms with Crippen LogP contribution in [-0.4, -0.2) is 48.5 Å². The van der Waals surface area contributed by atoms with Gasteiger partial charge in [-0.25, -0.2) is 4.98 Å². The highest BCUT2D eigenvalue weighted by molar-refractivity contribution is 7.09. The van der Waals surface area contributed by atoms with Crippen LogP contribution in [0.25, 0.3) is 11.3 Å². The number of nitrogens with zero attached hydrogens (tertiary/aromatic N) is 2. The first-order chi connectivity index (χ1) is 13.6. The van der Waals surface area contributed by atoms with Gasteiger partial charge in [-0.1, -0.05) is 18.1 Å². The second-order valence-corrected chi connectivity index (χ2v) is 7.62. The first-order valence-electron chi connectivity index (χ1n) is 9.16. The molecule has 1 aromatic carbocycles. The Morgan fingerprint density at radius 2 is 2.18 bits per heavy atom. The van der Waals surface area contributed by atoms with Crippen molar-refractivity contribution in [2.75, 3.05) is 26.8 Å². The quantitative estimate of drug-likeness (QED) is 0.760. The molecular formula is C21H23N3O3S. The van der Waals surface area contributed by atoms with Gasteiger partial charge in [0, 0.05) is 36.7 Å². The predicted molar refractivity (Wildman–Crippen MR) is 109 cm³/mol. The van der Waals surface area contributed by atoms with E-state index < -0.39 is 0 Å². The van der Waals surface area contributed by atoms with Crippen molar-refractivity contribution in [3.63, 3.8) is 0 Å². The fourth-order valence-electron chi connectivity index (χ4n) is 3.20. The fraction of sp³-hybridized carbons (Fsp3) is 0.381. The Labute approximate surface area is 168 Å². The summed E-state index contributed by atoms with van der Waals surface area (Å²) in [5, 5.41) is 5.77. The van der Waals surface area contributed by atoms with Crippen molar-refractivity contribution in [1.82, 2.24) is 15.2 Å². The molecule has 1 aliphatic rings. The molecule has 2 heterocycles. The van der Waals surface area contributed by atoms with Gasteiger partial charge in [0.05, 0.1) is 18.2 Å². The van der Waals surface area contributed by atoms with Crippen molar-refractivity contribution in [3.05, 3.63) is 40.2 Å². The number of piperidine rings is 1. The summed E-state index contributed by atoms with van der Waals surface area (Å²) in [5.74, 6) is 2.30. The molecular weight excluding hydrogens is 374 g/mol. The number of hydrogen-bond donors (Lipinski definition) is 1. The number of thiazole rings is 1. The second-order valence-electron chi connectivity index (χ2n) is 6.68. The zero-order valence-corrected chi connectivity index (χ0v) is 16.6. The van der Waals surface area contributed by atoms with Gasteiger partial charge >= 0.3 is 0 Å². The summed E-state index contributed by atoms with van der Waals surface area (Å²) in [6, 6.07) is 7.66. The smallest absolute Gasteiger partial charge is 0.248 e. The Morgan fingerprint density at radius 1 is 1.39 bits per heavy atom. The van der Waals surface area contributed by atoms with E-state index in [1.807, 2.05) is 29.6 Å². The molecule has 28 heavy (non-hydrogen) atoms. The maximum absolute atomic E-state index is 12.5. The van der Waals surface area contributed by atoms with E-state index in [0.29, 0.717) is 19.6 Å². The molecule has 7 heteroatoms. The number of methoxy groups -OCH3 is 1. The number of likely N-dealkylation sites (tertiary alicyclic amines) is 1. The van der Waals surface area contributed by atoms with E-state index in [1.165, 1.54) is 18.4 Å². The van der Waals surface area contributed by atoms with Gasteiger partial charge < -0.3 is 15.0 Å². The molecule has 6 nitrogen and oxygen atoms in total. The Morgan fingerprint density at radius 3 is 2.89 bits per heavy atom. The van der Waals surface area contributed by atoms with Gasteiger partial charge in [-0.3, -0.25) is 9.59 Å². The lowest BCUT2D eigenvalue weighted by molar-refractivity contribution is -0.139. The Kier molecular flexibility index (Phi) is 6.80. The zero-order chi connectivity index (χ0) is 19.9. The summed E-state index contributed by atoms with van der Waals surface area (Å²) in [7, 11) is 1.50. The Hall–Kier alpha value is -2.69. The minimum absolute atomic E-state index is 0.0370. The molecule has 0 bridgehead atoms. The lowest BCUT2D eigenvalue weighted by Crippen LogP contribution is -2.46. The van der Waals surface area contributed by atoms with Crippen LogP contribution in [0.2, 0.25) is 0 Å². The zero-order valence-electron chi connectivity index (χ0n) is 15.8. The third kappa shape index (κ3) is 4.97. The van der Waals surface area contributed by atoms with Crippen LogP contribution in [0.4, 0.5) is 0 Å². The van der Waals surface area contributed by atoms with E-state index in [4.69, 9.17) is 11.2 Å². The first-order valence-corrected chi connectivity index (χ1v) is 10.0. The molecule has 1 aromatic heterocycles.